The highest BCUT2D eigenvalue weighted by atomic mass is 19.1. The zero-order valence-corrected chi connectivity index (χ0v) is 16.6. The Labute approximate surface area is 165 Å². The number of nitrogens with zero attached hydrogens (tertiary/aromatic N) is 1. The van der Waals surface area contributed by atoms with Gasteiger partial charge in [-0.1, -0.05) is 24.3 Å². The molecule has 0 aliphatic carbocycles. The van der Waals surface area contributed by atoms with Crippen LogP contribution in [0.2, 0.25) is 0 Å². The molecule has 148 valence electrons. The van der Waals surface area contributed by atoms with Crippen molar-refractivity contribution in [3.8, 4) is 0 Å². The van der Waals surface area contributed by atoms with Crippen molar-refractivity contribution in [2.45, 2.75) is 26.5 Å². The fourth-order valence-electron chi connectivity index (χ4n) is 3.37. The van der Waals surface area contributed by atoms with Crippen LogP contribution in [0.1, 0.15) is 22.4 Å². The van der Waals surface area contributed by atoms with Crippen LogP contribution in [0.25, 0.3) is 10.9 Å². The molecule has 2 aromatic carbocycles. The molecule has 28 heavy (non-hydrogen) atoms. The molecule has 0 aliphatic rings. The van der Waals surface area contributed by atoms with Crippen LogP contribution in [0.4, 0.5) is 4.39 Å². The summed E-state index contributed by atoms with van der Waals surface area (Å²) in [6, 6.07) is 13.4. The molecule has 0 atom stereocenters. The van der Waals surface area contributed by atoms with E-state index in [1.54, 1.807) is 20.2 Å². The minimum atomic E-state index is -0.248. The molecule has 5 nitrogen and oxygen atoms in total. The van der Waals surface area contributed by atoms with Crippen molar-refractivity contribution in [3.63, 3.8) is 0 Å². The van der Waals surface area contributed by atoms with Gasteiger partial charge in [0.2, 0.25) is 0 Å². The predicted octanol–water partition coefficient (Wildman–Crippen LogP) is 3.67. The highest BCUT2D eigenvalue weighted by Gasteiger charge is 2.08. The molecule has 0 aliphatic heterocycles. The van der Waals surface area contributed by atoms with Crippen molar-refractivity contribution in [3.05, 3.63) is 70.7 Å². The first-order valence-electron chi connectivity index (χ1n) is 9.39. The van der Waals surface area contributed by atoms with Crippen LogP contribution in [-0.4, -0.2) is 31.6 Å². The Morgan fingerprint density at radius 2 is 2.00 bits per heavy atom. The number of H-pyrrole nitrogens is 1. The predicted molar refractivity (Wildman–Crippen MR) is 112 cm³/mol. The van der Waals surface area contributed by atoms with Gasteiger partial charge in [0.25, 0.3) is 0 Å². The molecular weight excluding hydrogens is 355 g/mol. The van der Waals surface area contributed by atoms with Crippen LogP contribution in [0.5, 0.6) is 0 Å². The smallest absolute Gasteiger partial charge is 0.191 e. The average molecular weight is 382 g/mol. The first kappa shape index (κ1) is 19.9. The van der Waals surface area contributed by atoms with E-state index in [-0.39, 0.29) is 12.4 Å². The Morgan fingerprint density at radius 1 is 1.18 bits per heavy atom. The topological polar surface area (TPSA) is 61.4 Å². The Kier molecular flexibility index (Phi) is 6.66. The quantitative estimate of drug-likeness (QED) is 0.432. The van der Waals surface area contributed by atoms with Crippen LogP contribution in [0, 0.1) is 12.7 Å². The number of para-hydroxylation sites is 1. The summed E-state index contributed by atoms with van der Waals surface area (Å²) in [5.74, 6) is 0.470. The van der Waals surface area contributed by atoms with Crippen molar-refractivity contribution < 1.29 is 9.13 Å². The lowest BCUT2D eigenvalue weighted by Crippen LogP contribution is -2.37. The fraction of sp³-hybridized carbons (Fsp3) is 0.318. The van der Waals surface area contributed by atoms with Crippen molar-refractivity contribution in [1.29, 1.82) is 0 Å². The standard InChI is InChI=1S/C22H27FN4O/c1-15-18(19-6-4-5-7-21(19)27-15)10-11-25-22(24-2)26-13-16-8-9-20(23)17(12-16)14-28-3/h4-9,12,27H,10-11,13-14H2,1-3H3,(H2,24,25,26). The zero-order chi connectivity index (χ0) is 19.9. The largest absolute Gasteiger partial charge is 0.380 e. The molecule has 1 heterocycles. The van der Waals surface area contributed by atoms with Crippen LogP contribution in [0.3, 0.4) is 0 Å². The number of aromatic nitrogens is 1. The van der Waals surface area contributed by atoms with E-state index in [0.29, 0.717) is 12.1 Å². The third-order valence-corrected chi connectivity index (χ3v) is 4.79. The number of hydrogen-bond acceptors (Lipinski definition) is 2. The van der Waals surface area contributed by atoms with Gasteiger partial charge in [0, 0.05) is 49.4 Å². The molecule has 3 N–H and O–H groups in total. The molecule has 0 unspecified atom stereocenters. The van der Waals surface area contributed by atoms with Gasteiger partial charge in [-0.25, -0.2) is 4.39 Å². The number of halogens is 1. The second-order valence-electron chi connectivity index (χ2n) is 6.74. The maximum absolute atomic E-state index is 13.7. The third kappa shape index (κ3) is 4.70. The molecule has 0 bridgehead atoms. The number of aryl methyl sites for hydroxylation is 1. The summed E-state index contributed by atoms with van der Waals surface area (Å²) in [5, 5.41) is 7.89. The highest BCUT2D eigenvalue weighted by Crippen LogP contribution is 2.21. The highest BCUT2D eigenvalue weighted by molar-refractivity contribution is 5.84. The molecular formula is C22H27FN4O. The maximum Gasteiger partial charge on any atom is 0.191 e. The van der Waals surface area contributed by atoms with Gasteiger partial charge in [0.1, 0.15) is 5.82 Å². The number of benzene rings is 2. The first-order valence-corrected chi connectivity index (χ1v) is 9.39. The van der Waals surface area contributed by atoms with Crippen molar-refractivity contribution in [2.24, 2.45) is 4.99 Å². The molecule has 3 aromatic rings. The molecule has 3 rings (SSSR count). The molecule has 6 heteroatoms. The first-order chi connectivity index (χ1) is 13.6. The second kappa shape index (κ2) is 9.37. The summed E-state index contributed by atoms with van der Waals surface area (Å²) in [7, 11) is 3.30. The third-order valence-electron chi connectivity index (χ3n) is 4.79. The number of rotatable bonds is 7. The lowest BCUT2D eigenvalue weighted by atomic mass is 10.1. The van der Waals surface area contributed by atoms with Crippen molar-refractivity contribution in [1.82, 2.24) is 15.6 Å². The van der Waals surface area contributed by atoms with E-state index < -0.39 is 0 Å². The zero-order valence-electron chi connectivity index (χ0n) is 16.6. The number of hydrogen-bond donors (Lipinski definition) is 3. The minimum absolute atomic E-state index is 0.248. The minimum Gasteiger partial charge on any atom is -0.380 e. The van der Waals surface area contributed by atoms with Crippen LogP contribution in [-0.2, 0) is 24.3 Å². The SMILES string of the molecule is CN=C(NCCc1c(C)[nH]c2ccccc12)NCc1ccc(F)c(COC)c1. The molecule has 0 fully saturated rings. The van der Waals surface area contributed by atoms with Gasteiger partial charge in [-0.3, -0.25) is 4.99 Å². The molecule has 0 spiro atoms. The average Bonchev–Trinajstić information content (AvgIpc) is 3.02. The van der Waals surface area contributed by atoms with E-state index in [4.69, 9.17) is 4.74 Å². The normalized spacial score (nSPS) is 11.8. The van der Waals surface area contributed by atoms with Crippen LogP contribution in [0.15, 0.2) is 47.5 Å². The number of ether oxygens (including phenoxy) is 1. The van der Waals surface area contributed by atoms with Gasteiger partial charge in [0.05, 0.1) is 6.61 Å². The van der Waals surface area contributed by atoms with Gasteiger partial charge >= 0.3 is 0 Å². The second-order valence-corrected chi connectivity index (χ2v) is 6.74. The summed E-state index contributed by atoms with van der Waals surface area (Å²) in [4.78, 5) is 7.70. The summed E-state index contributed by atoms with van der Waals surface area (Å²) in [6.07, 6.45) is 0.894. The Hall–Kier alpha value is -2.86. The van der Waals surface area contributed by atoms with Crippen molar-refractivity contribution >= 4 is 16.9 Å². The van der Waals surface area contributed by atoms with E-state index in [2.05, 4.69) is 45.7 Å². The van der Waals surface area contributed by atoms with E-state index in [1.807, 2.05) is 12.1 Å². The van der Waals surface area contributed by atoms with Gasteiger partial charge < -0.3 is 20.4 Å². The van der Waals surface area contributed by atoms with Gasteiger partial charge in [-0.05, 0) is 42.7 Å². The summed E-state index contributed by atoms with van der Waals surface area (Å²) in [6.45, 7) is 3.69. The van der Waals surface area contributed by atoms with E-state index in [9.17, 15) is 4.39 Å². The number of nitrogens with one attached hydrogen (secondary N) is 3. The van der Waals surface area contributed by atoms with E-state index >= 15 is 0 Å². The Morgan fingerprint density at radius 3 is 2.79 bits per heavy atom. The van der Waals surface area contributed by atoms with E-state index in [1.165, 1.54) is 28.2 Å². The Balaban J connectivity index is 1.55. The van der Waals surface area contributed by atoms with Gasteiger partial charge in [-0.2, -0.15) is 0 Å². The molecule has 1 aromatic heterocycles. The van der Waals surface area contributed by atoms with E-state index in [0.717, 1.165) is 24.5 Å². The number of fused-ring (bicyclic) bond motifs is 1. The lowest BCUT2D eigenvalue weighted by molar-refractivity contribution is 0.181. The molecule has 0 saturated heterocycles. The van der Waals surface area contributed by atoms with Crippen LogP contribution < -0.4 is 10.6 Å². The number of aromatic amines is 1. The summed E-state index contributed by atoms with van der Waals surface area (Å²) >= 11 is 0. The monoisotopic (exact) mass is 382 g/mol. The Bertz CT molecular complexity index is 964. The number of aliphatic imine (C=N–C) groups is 1. The maximum atomic E-state index is 13.7. The summed E-state index contributed by atoms with van der Waals surface area (Å²) < 4.78 is 18.8. The molecule has 0 amide bonds. The summed E-state index contributed by atoms with van der Waals surface area (Å²) in [5.41, 5.74) is 5.22. The lowest BCUT2D eigenvalue weighted by Gasteiger charge is -2.13. The molecule has 0 radical (unpaired) electrons. The van der Waals surface area contributed by atoms with Gasteiger partial charge in [0.15, 0.2) is 5.96 Å². The van der Waals surface area contributed by atoms with Crippen molar-refractivity contribution in [2.75, 3.05) is 20.7 Å². The van der Waals surface area contributed by atoms with Gasteiger partial charge in [-0.15, -0.1) is 0 Å². The fourth-order valence-corrected chi connectivity index (χ4v) is 3.37. The number of guanidine groups is 1. The van der Waals surface area contributed by atoms with Crippen LogP contribution >= 0.6 is 0 Å². The molecule has 0 saturated carbocycles. The number of methoxy groups -OCH3 is 1.